The van der Waals surface area contributed by atoms with Gasteiger partial charge in [0.15, 0.2) is 5.78 Å². The highest BCUT2D eigenvalue weighted by molar-refractivity contribution is 7.94. The molecule has 0 saturated heterocycles. The molecule has 4 rings (SSSR count). The topological polar surface area (TPSA) is 84.3 Å². The van der Waals surface area contributed by atoms with Crippen molar-refractivity contribution in [3.63, 3.8) is 0 Å². The molecule has 1 N–H and O–H groups in total. The van der Waals surface area contributed by atoms with Gasteiger partial charge in [-0.2, -0.15) is 0 Å². The van der Waals surface area contributed by atoms with E-state index in [0.717, 1.165) is 55.4 Å². The second kappa shape index (κ2) is 7.04. The molecule has 150 valence electrons. The maximum Gasteiger partial charge on any atom is 0.212 e. The second-order valence-corrected chi connectivity index (χ2v) is 11.6. The highest BCUT2D eigenvalue weighted by Crippen LogP contribution is 2.35. The van der Waals surface area contributed by atoms with Crippen LogP contribution < -0.4 is 0 Å². The summed E-state index contributed by atoms with van der Waals surface area (Å²) in [5.41, 5.74) is 5.21. The number of benzene rings is 1. The molecule has 2 aromatic rings. The van der Waals surface area contributed by atoms with Gasteiger partial charge in [0.25, 0.3) is 0 Å². The number of carbonyl (C=O) groups is 1. The fourth-order valence-corrected chi connectivity index (χ4v) is 6.82. The Hall–Kier alpha value is -1.57. The van der Waals surface area contributed by atoms with Crippen LogP contribution in [0.5, 0.6) is 0 Å². The summed E-state index contributed by atoms with van der Waals surface area (Å²) in [6.45, 7) is 3.16. The predicted molar refractivity (Wildman–Crippen MR) is 109 cm³/mol. The van der Waals surface area contributed by atoms with Gasteiger partial charge in [0.2, 0.25) is 14.2 Å². The Balaban J connectivity index is 1.56. The van der Waals surface area contributed by atoms with Crippen molar-refractivity contribution in [1.82, 2.24) is 4.98 Å². The summed E-state index contributed by atoms with van der Waals surface area (Å²) >= 11 is 0.934. The summed E-state index contributed by atoms with van der Waals surface area (Å²) < 4.78 is 25.3. The number of aliphatic hydroxyl groups is 1. The third kappa shape index (κ3) is 3.67. The Bertz CT molecular complexity index is 1010. The molecule has 0 amide bonds. The van der Waals surface area contributed by atoms with E-state index in [1.165, 1.54) is 28.5 Å². The molecule has 0 spiro atoms. The fraction of sp³-hybridized carbons (Fsp3) is 0.524. The molecule has 0 aliphatic heterocycles. The molecular weight excluding hydrogens is 394 g/mol. The number of nitrogens with zero attached hydrogens (tertiary/aromatic N) is 1. The first kappa shape index (κ1) is 19.7. The van der Waals surface area contributed by atoms with Crippen molar-refractivity contribution in [3.05, 3.63) is 45.0 Å². The first-order chi connectivity index (χ1) is 13.1. The number of carbonyl (C=O) groups excluding carboxylic acids is 1. The summed E-state index contributed by atoms with van der Waals surface area (Å²) in [6, 6.07) is 2.31. The molecule has 1 heterocycles. The Labute approximate surface area is 169 Å². The number of Topliss-reactive ketones (excluding diaryl/α,β-unsaturated/α-hetero) is 1. The highest BCUT2D eigenvalue weighted by Gasteiger charge is 2.29. The molecule has 1 aromatic carbocycles. The Morgan fingerprint density at radius 1 is 1.14 bits per heavy atom. The molecule has 0 radical (unpaired) electrons. The van der Waals surface area contributed by atoms with Crippen molar-refractivity contribution in [1.29, 1.82) is 0 Å². The van der Waals surface area contributed by atoms with Crippen LogP contribution >= 0.6 is 11.3 Å². The normalized spacial score (nSPS) is 16.2. The molecule has 7 heteroatoms. The van der Waals surface area contributed by atoms with E-state index in [1.54, 1.807) is 13.8 Å². The Kier molecular flexibility index (Phi) is 4.96. The largest absolute Gasteiger partial charge is 0.385 e. The zero-order valence-electron chi connectivity index (χ0n) is 16.2. The monoisotopic (exact) mass is 419 g/mol. The number of aryl methyl sites for hydroxylation is 2. The van der Waals surface area contributed by atoms with E-state index in [1.807, 2.05) is 0 Å². The van der Waals surface area contributed by atoms with Crippen LogP contribution in [0.2, 0.25) is 0 Å². The van der Waals surface area contributed by atoms with E-state index < -0.39 is 21.2 Å². The van der Waals surface area contributed by atoms with Gasteiger partial charge in [0.1, 0.15) is 5.75 Å². The molecular formula is C21H25NO4S2. The maximum atomic E-state index is 12.8. The van der Waals surface area contributed by atoms with E-state index in [2.05, 4.69) is 11.1 Å². The van der Waals surface area contributed by atoms with Crippen LogP contribution in [0.4, 0.5) is 0 Å². The second-order valence-electron chi connectivity index (χ2n) is 8.36. The van der Waals surface area contributed by atoms with E-state index in [0.29, 0.717) is 4.88 Å². The lowest BCUT2D eigenvalue weighted by Gasteiger charge is -2.14. The lowest BCUT2D eigenvalue weighted by molar-refractivity contribution is -0.116. The van der Waals surface area contributed by atoms with Gasteiger partial charge in [0, 0.05) is 12.6 Å². The molecule has 5 nitrogen and oxygen atoms in total. The van der Waals surface area contributed by atoms with Gasteiger partial charge in [-0.25, -0.2) is 13.4 Å². The number of hydrogen-bond acceptors (Lipinski definition) is 6. The number of ketones is 1. The maximum absolute atomic E-state index is 12.8. The molecule has 0 fully saturated rings. The number of thiazole rings is 1. The fourth-order valence-electron chi connectivity index (χ4n) is 4.35. The van der Waals surface area contributed by atoms with E-state index in [9.17, 15) is 18.3 Å². The van der Waals surface area contributed by atoms with Gasteiger partial charge >= 0.3 is 0 Å². The van der Waals surface area contributed by atoms with E-state index >= 15 is 0 Å². The van der Waals surface area contributed by atoms with Gasteiger partial charge in [-0.05, 0) is 80.2 Å². The molecule has 0 bridgehead atoms. The van der Waals surface area contributed by atoms with Gasteiger partial charge in [-0.1, -0.05) is 6.07 Å². The third-order valence-electron chi connectivity index (χ3n) is 5.68. The van der Waals surface area contributed by atoms with Crippen molar-refractivity contribution in [2.75, 3.05) is 5.75 Å². The molecule has 2 aliphatic carbocycles. The smallest absolute Gasteiger partial charge is 0.212 e. The summed E-state index contributed by atoms with van der Waals surface area (Å²) in [7, 11) is -3.80. The Morgan fingerprint density at radius 3 is 2.29 bits per heavy atom. The molecule has 0 atom stereocenters. The summed E-state index contributed by atoms with van der Waals surface area (Å²) in [6.07, 6.45) is 7.86. The molecule has 2 aliphatic rings. The minimum atomic E-state index is -3.80. The minimum Gasteiger partial charge on any atom is -0.385 e. The lowest BCUT2D eigenvalue weighted by atomic mass is 9.91. The number of sulfone groups is 1. The van der Waals surface area contributed by atoms with Gasteiger partial charge in [-0.15, -0.1) is 11.3 Å². The first-order valence-corrected chi connectivity index (χ1v) is 12.2. The zero-order chi connectivity index (χ0) is 20.1. The standard InChI is InChI=1S/C21H25NO4S2/c1-21(2,24)19-11-22-20(27-19)28(25,26)12-15(23)10-18-16-7-3-5-13(16)9-14-6-4-8-17(14)18/h9,11,24H,3-8,10,12H2,1-2H3. The lowest BCUT2D eigenvalue weighted by Crippen LogP contribution is -2.19. The van der Waals surface area contributed by atoms with Crippen molar-refractivity contribution >= 4 is 27.0 Å². The average molecular weight is 420 g/mol. The van der Waals surface area contributed by atoms with Crippen molar-refractivity contribution in [2.24, 2.45) is 0 Å². The van der Waals surface area contributed by atoms with Crippen molar-refractivity contribution in [2.45, 2.75) is 68.7 Å². The first-order valence-electron chi connectivity index (χ1n) is 9.73. The van der Waals surface area contributed by atoms with E-state index in [-0.39, 0.29) is 16.5 Å². The number of aromatic nitrogens is 1. The molecule has 0 saturated carbocycles. The summed E-state index contributed by atoms with van der Waals surface area (Å²) in [4.78, 5) is 17.2. The molecule has 1 aromatic heterocycles. The van der Waals surface area contributed by atoms with Crippen LogP contribution in [-0.2, 0) is 52.3 Å². The number of fused-ring (bicyclic) bond motifs is 2. The average Bonchev–Trinajstić information content (AvgIpc) is 3.33. The number of rotatable bonds is 6. The SMILES string of the molecule is CC(C)(O)c1cnc(S(=O)(=O)CC(=O)Cc2c3c(cc4c2CCC4)CCC3)s1. The quantitative estimate of drug-likeness (QED) is 0.778. The van der Waals surface area contributed by atoms with Crippen molar-refractivity contribution < 1.29 is 18.3 Å². The van der Waals surface area contributed by atoms with Crippen LogP contribution in [0, 0.1) is 0 Å². The number of hydrogen-bond donors (Lipinski definition) is 1. The van der Waals surface area contributed by atoms with Crippen LogP contribution in [0.1, 0.15) is 59.4 Å². The van der Waals surface area contributed by atoms with Crippen LogP contribution in [0.15, 0.2) is 16.6 Å². The van der Waals surface area contributed by atoms with Crippen LogP contribution in [0.3, 0.4) is 0 Å². The molecule has 28 heavy (non-hydrogen) atoms. The Morgan fingerprint density at radius 2 is 1.75 bits per heavy atom. The zero-order valence-corrected chi connectivity index (χ0v) is 17.9. The van der Waals surface area contributed by atoms with Crippen LogP contribution in [-0.4, -0.2) is 30.0 Å². The summed E-state index contributed by atoms with van der Waals surface area (Å²) in [5, 5.41) is 10.0. The summed E-state index contributed by atoms with van der Waals surface area (Å²) in [5.74, 6) is -0.820. The van der Waals surface area contributed by atoms with Crippen molar-refractivity contribution in [3.8, 4) is 0 Å². The van der Waals surface area contributed by atoms with Crippen LogP contribution in [0.25, 0.3) is 0 Å². The van der Waals surface area contributed by atoms with Gasteiger partial charge < -0.3 is 5.11 Å². The van der Waals surface area contributed by atoms with E-state index in [4.69, 9.17) is 0 Å². The van der Waals surface area contributed by atoms with Gasteiger partial charge in [-0.3, -0.25) is 4.79 Å². The third-order valence-corrected chi connectivity index (χ3v) is 9.13. The van der Waals surface area contributed by atoms with Gasteiger partial charge in [0.05, 0.1) is 10.5 Å². The highest BCUT2D eigenvalue weighted by atomic mass is 32.2. The molecule has 0 unspecified atom stereocenters. The predicted octanol–water partition coefficient (Wildman–Crippen LogP) is 2.93. The minimum absolute atomic E-state index is 0.0958.